The Morgan fingerprint density at radius 2 is 2.05 bits per heavy atom. The predicted octanol–water partition coefficient (Wildman–Crippen LogP) is -0.0788. The van der Waals surface area contributed by atoms with Gasteiger partial charge in [-0.15, -0.1) is 0 Å². The summed E-state index contributed by atoms with van der Waals surface area (Å²) in [5.41, 5.74) is 7.50. The van der Waals surface area contributed by atoms with Gasteiger partial charge in [0, 0.05) is 11.1 Å². The SMILES string of the molecule is Nc1ccc2nc(CC(=O)NC(CO)C(=O)O)ccc2c1. The Kier molecular flexibility index (Phi) is 4.34. The lowest BCUT2D eigenvalue weighted by Gasteiger charge is -2.11. The molecule has 7 nitrogen and oxygen atoms in total. The van der Waals surface area contributed by atoms with E-state index in [1.807, 2.05) is 0 Å². The number of carbonyl (C=O) groups excluding carboxylic acids is 1. The summed E-state index contributed by atoms with van der Waals surface area (Å²) in [6.07, 6.45) is -0.0654. The van der Waals surface area contributed by atoms with Crippen LogP contribution in [-0.4, -0.2) is 39.7 Å². The zero-order chi connectivity index (χ0) is 15.4. The Hall–Kier alpha value is -2.67. The quantitative estimate of drug-likeness (QED) is 0.570. The van der Waals surface area contributed by atoms with Crippen molar-refractivity contribution in [3.05, 3.63) is 36.0 Å². The van der Waals surface area contributed by atoms with Gasteiger partial charge < -0.3 is 21.3 Å². The molecule has 0 radical (unpaired) electrons. The Morgan fingerprint density at radius 1 is 1.29 bits per heavy atom. The van der Waals surface area contributed by atoms with Crippen LogP contribution in [0.25, 0.3) is 10.9 Å². The van der Waals surface area contributed by atoms with E-state index in [2.05, 4.69) is 10.3 Å². The highest BCUT2D eigenvalue weighted by molar-refractivity contribution is 5.86. The minimum atomic E-state index is -1.31. The van der Waals surface area contributed by atoms with Gasteiger partial charge in [0.1, 0.15) is 6.04 Å². The minimum absolute atomic E-state index is 0.0654. The van der Waals surface area contributed by atoms with Crippen LogP contribution in [0.5, 0.6) is 0 Å². The van der Waals surface area contributed by atoms with Crippen molar-refractivity contribution in [2.45, 2.75) is 12.5 Å². The van der Waals surface area contributed by atoms with E-state index in [9.17, 15) is 9.59 Å². The van der Waals surface area contributed by atoms with E-state index < -0.39 is 24.5 Å². The van der Waals surface area contributed by atoms with Gasteiger partial charge in [-0.3, -0.25) is 9.78 Å². The van der Waals surface area contributed by atoms with Crippen LogP contribution >= 0.6 is 0 Å². The first-order valence-corrected chi connectivity index (χ1v) is 6.28. The number of amides is 1. The fourth-order valence-corrected chi connectivity index (χ4v) is 1.88. The number of nitrogen functional groups attached to an aromatic ring is 1. The molecular weight excluding hydrogens is 274 g/mol. The summed E-state index contributed by atoms with van der Waals surface area (Å²) in [5, 5.41) is 20.7. The number of aromatic nitrogens is 1. The van der Waals surface area contributed by atoms with Crippen molar-refractivity contribution < 1.29 is 19.8 Å². The number of nitrogens with two attached hydrogens (primary N) is 1. The first kappa shape index (κ1) is 14.7. The number of benzene rings is 1. The van der Waals surface area contributed by atoms with Crippen molar-refractivity contribution in [3.8, 4) is 0 Å². The minimum Gasteiger partial charge on any atom is -0.480 e. The fraction of sp³-hybridized carbons (Fsp3) is 0.214. The number of hydrogen-bond acceptors (Lipinski definition) is 5. The van der Waals surface area contributed by atoms with Gasteiger partial charge in [0.25, 0.3) is 0 Å². The number of fused-ring (bicyclic) bond motifs is 1. The normalized spacial score (nSPS) is 12.0. The highest BCUT2D eigenvalue weighted by atomic mass is 16.4. The van der Waals surface area contributed by atoms with Gasteiger partial charge in [-0.2, -0.15) is 0 Å². The average Bonchev–Trinajstić information content (AvgIpc) is 2.44. The lowest BCUT2D eigenvalue weighted by Crippen LogP contribution is -2.44. The molecule has 1 amide bonds. The molecule has 0 saturated heterocycles. The van der Waals surface area contributed by atoms with Crippen molar-refractivity contribution in [1.29, 1.82) is 0 Å². The third-order valence-electron chi connectivity index (χ3n) is 2.93. The van der Waals surface area contributed by atoms with Crippen LogP contribution in [0.15, 0.2) is 30.3 Å². The highest BCUT2D eigenvalue weighted by Gasteiger charge is 2.18. The molecule has 7 heteroatoms. The van der Waals surface area contributed by atoms with Crippen LogP contribution in [0.3, 0.4) is 0 Å². The maximum atomic E-state index is 11.7. The first-order chi connectivity index (χ1) is 9.99. The fourth-order valence-electron chi connectivity index (χ4n) is 1.88. The summed E-state index contributed by atoms with van der Waals surface area (Å²) >= 11 is 0. The molecule has 0 aliphatic heterocycles. The Morgan fingerprint density at radius 3 is 2.71 bits per heavy atom. The van der Waals surface area contributed by atoms with E-state index >= 15 is 0 Å². The summed E-state index contributed by atoms with van der Waals surface area (Å²) in [4.78, 5) is 26.8. The second-order valence-electron chi connectivity index (χ2n) is 4.57. The maximum absolute atomic E-state index is 11.7. The van der Waals surface area contributed by atoms with Crippen molar-refractivity contribution in [2.75, 3.05) is 12.3 Å². The first-order valence-electron chi connectivity index (χ1n) is 6.28. The molecule has 1 unspecified atom stereocenters. The van der Waals surface area contributed by atoms with Gasteiger partial charge in [-0.1, -0.05) is 6.07 Å². The smallest absolute Gasteiger partial charge is 0.328 e. The molecule has 1 heterocycles. The monoisotopic (exact) mass is 289 g/mol. The zero-order valence-corrected chi connectivity index (χ0v) is 11.1. The molecule has 0 fully saturated rings. The van der Waals surface area contributed by atoms with Crippen molar-refractivity contribution in [2.24, 2.45) is 0 Å². The number of rotatable bonds is 5. The van der Waals surface area contributed by atoms with Crippen LogP contribution in [0.2, 0.25) is 0 Å². The van der Waals surface area contributed by atoms with Gasteiger partial charge in [0.05, 0.1) is 24.2 Å². The third-order valence-corrected chi connectivity index (χ3v) is 2.93. The number of nitrogens with one attached hydrogen (secondary N) is 1. The number of pyridine rings is 1. The second kappa shape index (κ2) is 6.19. The third kappa shape index (κ3) is 3.67. The number of nitrogens with zero attached hydrogens (tertiary/aromatic N) is 1. The van der Waals surface area contributed by atoms with Crippen LogP contribution in [0.4, 0.5) is 5.69 Å². The molecule has 2 aromatic rings. The zero-order valence-electron chi connectivity index (χ0n) is 11.1. The van der Waals surface area contributed by atoms with Crippen molar-refractivity contribution in [3.63, 3.8) is 0 Å². The van der Waals surface area contributed by atoms with Gasteiger partial charge in [0.2, 0.25) is 5.91 Å². The molecule has 0 aliphatic rings. The number of aliphatic carboxylic acids is 1. The van der Waals surface area contributed by atoms with E-state index in [4.69, 9.17) is 15.9 Å². The van der Waals surface area contributed by atoms with Crippen LogP contribution in [0.1, 0.15) is 5.69 Å². The van der Waals surface area contributed by atoms with Gasteiger partial charge >= 0.3 is 5.97 Å². The molecule has 1 aromatic heterocycles. The lowest BCUT2D eigenvalue weighted by molar-refractivity contribution is -0.142. The standard InChI is InChI=1S/C14H15N3O4/c15-9-2-4-11-8(5-9)1-3-10(16-11)6-13(19)17-12(7-18)14(20)21/h1-5,12,18H,6-7,15H2,(H,17,19)(H,20,21). The van der Waals surface area contributed by atoms with E-state index in [1.165, 1.54) is 0 Å². The summed E-state index contributed by atoms with van der Waals surface area (Å²) in [5.74, 6) is -1.80. The number of carboxylic acid groups (broad SMARTS) is 1. The van der Waals surface area contributed by atoms with Gasteiger partial charge in [-0.05, 0) is 24.3 Å². The van der Waals surface area contributed by atoms with Gasteiger partial charge in [-0.25, -0.2) is 4.79 Å². The molecule has 0 bridgehead atoms. The lowest BCUT2D eigenvalue weighted by atomic mass is 10.1. The van der Waals surface area contributed by atoms with Crippen LogP contribution in [0, 0.1) is 0 Å². The summed E-state index contributed by atoms with van der Waals surface area (Å²) in [6, 6.07) is 7.40. The van der Waals surface area contributed by atoms with E-state index in [-0.39, 0.29) is 6.42 Å². The second-order valence-corrected chi connectivity index (χ2v) is 4.57. The maximum Gasteiger partial charge on any atom is 0.328 e. The van der Waals surface area contributed by atoms with Crippen LogP contribution in [-0.2, 0) is 16.0 Å². The summed E-state index contributed by atoms with van der Waals surface area (Å²) in [7, 11) is 0. The molecule has 21 heavy (non-hydrogen) atoms. The number of hydrogen-bond donors (Lipinski definition) is 4. The molecule has 0 aliphatic carbocycles. The molecule has 2 rings (SSSR count). The number of carboxylic acids is 1. The highest BCUT2D eigenvalue weighted by Crippen LogP contribution is 2.16. The molecule has 110 valence electrons. The molecule has 1 atom stereocenters. The Labute approximate surface area is 120 Å². The average molecular weight is 289 g/mol. The van der Waals surface area contributed by atoms with Crippen molar-refractivity contribution in [1.82, 2.24) is 10.3 Å². The molecule has 0 spiro atoms. The van der Waals surface area contributed by atoms with E-state index in [0.29, 0.717) is 16.9 Å². The molecule has 1 aromatic carbocycles. The number of carbonyl (C=O) groups is 2. The number of aliphatic hydroxyl groups excluding tert-OH is 1. The topological polar surface area (TPSA) is 126 Å². The largest absolute Gasteiger partial charge is 0.480 e. The molecule has 0 saturated carbocycles. The Balaban J connectivity index is 2.10. The van der Waals surface area contributed by atoms with E-state index in [1.54, 1.807) is 30.3 Å². The van der Waals surface area contributed by atoms with E-state index in [0.717, 1.165) is 5.39 Å². The predicted molar refractivity (Wildman–Crippen MR) is 76.5 cm³/mol. The molecular formula is C14H15N3O4. The molecule has 5 N–H and O–H groups in total. The van der Waals surface area contributed by atoms with Gasteiger partial charge in [0.15, 0.2) is 0 Å². The Bertz CT molecular complexity index is 687. The number of aliphatic hydroxyl groups is 1. The summed E-state index contributed by atoms with van der Waals surface area (Å²) in [6.45, 7) is -0.661. The number of anilines is 1. The van der Waals surface area contributed by atoms with Crippen LogP contribution < -0.4 is 11.1 Å². The summed E-state index contributed by atoms with van der Waals surface area (Å²) < 4.78 is 0. The van der Waals surface area contributed by atoms with Crippen molar-refractivity contribution >= 4 is 28.5 Å².